The van der Waals surface area contributed by atoms with Gasteiger partial charge in [-0.2, -0.15) is 0 Å². The molecule has 5 heteroatoms. The van der Waals surface area contributed by atoms with E-state index in [1.54, 1.807) is 12.1 Å². The number of nitrogens with zero attached hydrogens (tertiary/aromatic N) is 1. The van der Waals surface area contributed by atoms with E-state index in [4.69, 9.17) is 21.1 Å². The minimum Gasteiger partial charge on any atom is -0.493 e. The van der Waals surface area contributed by atoms with Crippen LogP contribution in [0.1, 0.15) is 18.2 Å². The highest BCUT2D eigenvalue weighted by Crippen LogP contribution is 2.37. The molecule has 0 spiro atoms. The van der Waals surface area contributed by atoms with Crippen LogP contribution in [0.3, 0.4) is 0 Å². The van der Waals surface area contributed by atoms with E-state index in [1.165, 1.54) is 14.0 Å². The molecule has 0 aliphatic heterocycles. The molecule has 0 atom stereocenters. The lowest BCUT2D eigenvalue weighted by Gasteiger charge is -2.10. The van der Waals surface area contributed by atoms with Gasteiger partial charge < -0.3 is 9.47 Å². The minimum atomic E-state index is -0.455. The minimum absolute atomic E-state index is 0.220. The number of methoxy groups -OCH3 is 1. The Morgan fingerprint density at radius 3 is 2.68 bits per heavy atom. The molecule has 0 aliphatic carbocycles. The van der Waals surface area contributed by atoms with Gasteiger partial charge in [0.1, 0.15) is 0 Å². The molecular weight excluding hydrogens is 338 g/mol. The van der Waals surface area contributed by atoms with E-state index in [2.05, 4.69) is 4.98 Å². The zero-order valence-electron chi connectivity index (χ0n) is 13.8. The first-order valence-electron chi connectivity index (χ1n) is 7.66. The van der Waals surface area contributed by atoms with Gasteiger partial charge in [-0.25, -0.2) is 4.98 Å². The fourth-order valence-electron chi connectivity index (χ4n) is 2.44. The van der Waals surface area contributed by atoms with Gasteiger partial charge in [-0.3, -0.25) is 4.79 Å². The number of fused-ring (bicyclic) bond motifs is 1. The van der Waals surface area contributed by atoms with Crippen molar-refractivity contribution in [2.45, 2.75) is 6.92 Å². The van der Waals surface area contributed by atoms with Gasteiger partial charge in [-0.05, 0) is 35.9 Å². The smallest absolute Gasteiger partial charge is 0.308 e. The Kier molecular flexibility index (Phi) is 5.00. The molecule has 0 saturated heterocycles. The maximum atomic E-state index is 11.2. The number of para-hydroxylation sites is 1. The van der Waals surface area contributed by atoms with Gasteiger partial charge in [0, 0.05) is 12.3 Å². The number of hydrogen-bond acceptors (Lipinski definition) is 4. The number of carbonyl (C=O) groups is 1. The molecular formula is C20H16ClNO3. The first kappa shape index (κ1) is 17.0. The van der Waals surface area contributed by atoms with Crippen LogP contribution in [0, 0.1) is 0 Å². The number of benzene rings is 2. The van der Waals surface area contributed by atoms with Gasteiger partial charge in [0.25, 0.3) is 0 Å². The van der Waals surface area contributed by atoms with Crippen LogP contribution in [0.4, 0.5) is 0 Å². The summed E-state index contributed by atoms with van der Waals surface area (Å²) in [5, 5.41) is 1.40. The maximum Gasteiger partial charge on any atom is 0.308 e. The van der Waals surface area contributed by atoms with Crippen molar-refractivity contribution < 1.29 is 14.3 Å². The normalized spacial score (nSPS) is 11.0. The Labute approximate surface area is 150 Å². The predicted octanol–water partition coefficient (Wildman–Crippen LogP) is 4.99. The zero-order valence-corrected chi connectivity index (χ0v) is 14.6. The van der Waals surface area contributed by atoms with Gasteiger partial charge in [-0.1, -0.05) is 41.9 Å². The lowest BCUT2D eigenvalue weighted by atomic mass is 10.1. The van der Waals surface area contributed by atoms with Gasteiger partial charge in [0.05, 0.1) is 23.3 Å². The molecule has 3 aromatic rings. The van der Waals surface area contributed by atoms with Crippen molar-refractivity contribution in [3.8, 4) is 11.5 Å². The summed E-state index contributed by atoms with van der Waals surface area (Å²) in [6.45, 7) is 1.31. The zero-order chi connectivity index (χ0) is 17.8. The van der Waals surface area contributed by atoms with Gasteiger partial charge in [0.2, 0.25) is 0 Å². The molecule has 0 fully saturated rings. The highest BCUT2D eigenvalue weighted by Gasteiger charge is 2.13. The Morgan fingerprint density at radius 2 is 1.92 bits per heavy atom. The lowest BCUT2D eigenvalue weighted by molar-refractivity contribution is -0.132. The second-order valence-electron chi connectivity index (χ2n) is 5.39. The number of hydrogen-bond donors (Lipinski definition) is 0. The van der Waals surface area contributed by atoms with E-state index in [1.807, 2.05) is 48.6 Å². The molecule has 1 aromatic heterocycles. The molecule has 2 aromatic carbocycles. The van der Waals surface area contributed by atoms with E-state index in [0.29, 0.717) is 10.8 Å². The van der Waals surface area contributed by atoms with E-state index in [9.17, 15) is 4.79 Å². The summed E-state index contributed by atoms with van der Waals surface area (Å²) in [4.78, 5) is 15.8. The van der Waals surface area contributed by atoms with Crippen molar-refractivity contribution in [3.05, 3.63) is 64.8 Å². The van der Waals surface area contributed by atoms with E-state index in [0.717, 1.165) is 22.2 Å². The van der Waals surface area contributed by atoms with Crippen LogP contribution in [-0.2, 0) is 4.79 Å². The van der Waals surface area contributed by atoms with Crippen LogP contribution >= 0.6 is 11.6 Å². The fraction of sp³-hybridized carbons (Fsp3) is 0.100. The topological polar surface area (TPSA) is 48.4 Å². The van der Waals surface area contributed by atoms with Crippen LogP contribution in [-0.4, -0.2) is 18.1 Å². The predicted molar refractivity (Wildman–Crippen MR) is 100.0 cm³/mol. The molecule has 25 heavy (non-hydrogen) atoms. The quantitative estimate of drug-likeness (QED) is 0.489. The van der Waals surface area contributed by atoms with E-state index in [-0.39, 0.29) is 5.75 Å². The van der Waals surface area contributed by atoms with Crippen molar-refractivity contribution in [2.24, 2.45) is 0 Å². The van der Waals surface area contributed by atoms with Crippen LogP contribution in [0.25, 0.3) is 23.1 Å². The molecule has 0 radical (unpaired) electrons. The van der Waals surface area contributed by atoms with Crippen molar-refractivity contribution in [1.29, 1.82) is 0 Å². The molecule has 3 rings (SSSR count). The second-order valence-corrected chi connectivity index (χ2v) is 5.80. The first-order chi connectivity index (χ1) is 12.1. The third-order valence-electron chi connectivity index (χ3n) is 3.56. The van der Waals surface area contributed by atoms with Crippen molar-refractivity contribution in [3.63, 3.8) is 0 Å². The standard InChI is InChI=1S/C20H16ClNO3/c1-13(23)25-20-17(21)11-14(12-19(20)24-2)7-9-16-10-8-15-5-3-4-6-18(15)22-16/h3-12H,1-2H3. The summed E-state index contributed by atoms with van der Waals surface area (Å²) in [6.07, 6.45) is 3.77. The fourth-order valence-corrected chi connectivity index (χ4v) is 2.69. The number of carbonyl (C=O) groups excluding carboxylic acids is 1. The van der Waals surface area contributed by atoms with Crippen molar-refractivity contribution in [1.82, 2.24) is 4.98 Å². The number of rotatable bonds is 4. The average molecular weight is 354 g/mol. The number of pyridine rings is 1. The molecule has 0 bridgehead atoms. The Hall–Kier alpha value is -2.85. The molecule has 0 aliphatic rings. The number of esters is 1. The number of aromatic nitrogens is 1. The van der Waals surface area contributed by atoms with Crippen molar-refractivity contribution >= 4 is 40.6 Å². The van der Waals surface area contributed by atoms with E-state index < -0.39 is 5.97 Å². The molecule has 0 saturated carbocycles. The van der Waals surface area contributed by atoms with Crippen LogP contribution < -0.4 is 9.47 Å². The molecule has 4 nitrogen and oxygen atoms in total. The van der Waals surface area contributed by atoms with Gasteiger partial charge in [-0.15, -0.1) is 0 Å². The first-order valence-corrected chi connectivity index (χ1v) is 8.04. The molecule has 1 heterocycles. The van der Waals surface area contributed by atoms with E-state index >= 15 is 0 Å². The summed E-state index contributed by atoms with van der Waals surface area (Å²) in [5.41, 5.74) is 2.58. The van der Waals surface area contributed by atoms with Crippen molar-refractivity contribution in [2.75, 3.05) is 7.11 Å². The highest BCUT2D eigenvalue weighted by molar-refractivity contribution is 6.32. The lowest BCUT2D eigenvalue weighted by Crippen LogP contribution is -2.03. The molecule has 0 amide bonds. The second kappa shape index (κ2) is 7.36. The average Bonchev–Trinajstić information content (AvgIpc) is 2.61. The SMILES string of the molecule is COc1cc(C=Cc2ccc3ccccc3n2)cc(Cl)c1OC(C)=O. The Bertz CT molecular complexity index is 966. The molecule has 126 valence electrons. The Morgan fingerprint density at radius 1 is 1.12 bits per heavy atom. The summed E-state index contributed by atoms with van der Waals surface area (Å²) < 4.78 is 10.4. The third kappa shape index (κ3) is 3.98. The monoisotopic (exact) mass is 353 g/mol. The third-order valence-corrected chi connectivity index (χ3v) is 3.84. The van der Waals surface area contributed by atoms with Gasteiger partial charge >= 0.3 is 5.97 Å². The Balaban J connectivity index is 1.91. The molecule has 0 unspecified atom stereocenters. The molecule has 0 N–H and O–H groups in total. The summed E-state index contributed by atoms with van der Waals surface area (Å²) in [5.74, 6) is 0.162. The van der Waals surface area contributed by atoms with Gasteiger partial charge in [0.15, 0.2) is 11.5 Å². The van der Waals surface area contributed by atoms with Crippen LogP contribution in [0.2, 0.25) is 5.02 Å². The largest absolute Gasteiger partial charge is 0.493 e. The highest BCUT2D eigenvalue weighted by atomic mass is 35.5. The van der Waals surface area contributed by atoms with Crippen LogP contribution in [0.15, 0.2) is 48.5 Å². The number of halogens is 1. The number of ether oxygens (including phenoxy) is 2. The summed E-state index contributed by atoms with van der Waals surface area (Å²) in [7, 11) is 1.50. The summed E-state index contributed by atoms with van der Waals surface area (Å²) in [6, 6.07) is 15.4. The van der Waals surface area contributed by atoms with Crippen LogP contribution in [0.5, 0.6) is 11.5 Å². The summed E-state index contributed by atoms with van der Waals surface area (Å²) >= 11 is 6.21. The maximum absolute atomic E-state index is 11.2.